The molecule has 3 rings (SSSR count). The maximum absolute atomic E-state index is 12.9. The molecule has 0 N–H and O–H groups in total. The number of carbonyl (C=O) groups excluding carboxylic acids is 2. The van der Waals surface area contributed by atoms with Crippen LogP contribution in [0.25, 0.3) is 5.57 Å². The monoisotopic (exact) mass is 359 g/mol. The zero-order chi connectivity index (χ0) is 17.4. The van der Waals surface area contributed by atoms with Crippen molar-refractivity contribution >= 4 is 40.6 Å². The molecular formula is C19H15Cl2NO2. The van der Waals surface area contributed by atoms with Crippen LogP contribution in [0.5, 0.6) is 0 Å². The van der Waals surface area contributed by atoms with E-state index in [1.54, 1.807) is 12.1 Å². The Morgan fingerprint density at radius 2 is 1.50 bits per heavy atom. The lowest BCUT2D eigenvalue weighted by Crippen LogP contribution is -2.30. The van der Waals surface area contributed by atoms with Gasteiger partial charge in [-0.3, -0.25) is 14.5 Å². The molecule has 0 fully saturated rings. The Bertz CT molecular complexity index is 849. The third-order valence-corrected chi connectivity index (χ3v) is 4.61. The quantitative estimate of drug-likeness (QED) is 0.757. The van der Waals surface area contributed by atoms with Crippen molar-refractivity contribution in [1.29, 1.82) is 0 Å². The van der Waals surface area contributed by atoms with Crippen molar-refractivity contribution in [2.24, 2.45) is 0 Å². The van der Waals surface area contributed by atoms with Gasteiger partial charge in [-0.05, 0) is 48.2 Å². The lowest BCUT2D eigenvalue weighted by molar-refractivity contribution is -0.137. The van der Waals surface area contributed by atoms with Crippen LogP contribution in [-0.2, 0) is 16.1 Å². The molecule has 0 unspecified atom stereocenters. The van der Waals surface area contributed by atoms with E-state index < -0.39 is 5.91 Å². The largest absolute Gasteiger partial charge is 0.273 e. The second-order valence-corrected chi connectivity index (χ2v) is 6.60. The van der Waals surface area contributed by atoms with Gasteiger partial charge in [0, 0.05) is 5.02 Å². The van der Waals surface area contributed by atoms with E-state index in [2.05, 4.69) is 0 Å². The first kappa shape index (κ1) is 16.7. The second kappa shape index (κ2) is 6.42. The molecule has 1 heterocycles. The molecule has 0 aliphatic carbocycles. The number of imide groups is 1. The van der Waals surface area contributed by atoms with E-state index in [0.29, 0.717) is 10.6 Å². The molecule has 24 heavy (non-hydrogen) atoms. The summed E-state index contributed by atoms with van der Waals surface area (Å²) in [4.78, 5) is 26.5. The number of nitrogens with zero attached hydrogens (tertiary/aromatic N) is 1. The lowest BCUT2D eigenvalue weighted by atomic mass is 9.95. The number of rotatable bonds is 3. The van der Waals surface area contributed by atoms with Crippen molar-refractivity contribution in [2.75, 3.05) is 0 Å². The number of carbonyl (C=O) groups is 2. The number of hydrogen-bond acceptors (Lipinski definition) is 2. The molecule has 2 aromatic rings. The van der Waals surface area contributed by atoms with E-state index in [4.69, 9.17) is 23.2 Å². The van der Waals surface area contributed by atoms with Gasteiger partial charge in [0.05, 0.1) is 12.1 Å². The molecule has 1 aliphatic heterocycles. The molecule has 0 radical (unpaired) electrons. The van der Waals surface area contributed by atoms with Gasteiger partial charge in [0.1, 0.15) is 5.03 Å². The van der Waals surface area contributed by atoms with E-state index >= 15 is 0 Å². The van der Waals surface area contributed by atoms with E-state index in [0.717, 1.165) is 16.7 Å². The molecule has 5 heteroatoms. The van der Waals surface area contributed by atoms with Crippen LogP contribution in [0.4, 0.5) is 0 Å². The van der Waals surface area contributed by atoms with Gasteiger partial charge in [0.25, 0.3) is 11.8 Å². The maximum atomic E-state index is 12.9. The molecule has 0 saturated carbocycles. The summed E-state index contributed by atoms with van der Waals surface area (Å²) in [6, 6.07) is 12.9. The Balaban J connectivity index is 2.02. The molecule has 0 atom stereocenters. The predicted octanol–water partition coefficient (Wildman–Crippen LogP) is 4.48. The lowest BCUT2D eigenvalue weighted by Gasteiger charge is -2.16. The molecule has 0 bridgehead atoms. The van der Waals surface area contributed by atoms with E-state index in [9.17, 15) is 9.59 Å². The average molecular weight is 360 g/mol. The van der Waals surface area contributed by atoms with Gasteiger partial charge in [-0.1, -0.05) is 53.5 Å². The number of benzene rings is 2. The summed E-state index contributed by atoms with van der Waals surface area (Å²) in [5, 5.41) is 0.549. The molecule has 1 aliphatic rings. The summed E-state index contributed by atoms with van der Waals surface area (Å²) >= 11 is 12.3. The van der Waals surface area contributed by atoms with Gasteiger partial charge in [-0.15, -0.1) is 0 Å². The smallest absolute Gasteiger partial charge is 0.269 e. The highest BCUT2D eigenvalue weighted by Gasteiger charge is 2.39. The topological polar surface area (TPSA) is 37.4 Å². The zero-order valence-electron chi connectivity index (χ0n) is 13.3. The number of amides is 2. The fourth-order valence-corrected chi connectivity index (χ4v) is 3.58. The van der Waals surface area contributed by atoms with Crippen LogP contribution < -0.4 is 0 Å². The summed E-state index contributed by atoms with van der Waals surface area (Å²) in [7, 11) is 0. The minimum Gasteiger partial charge on any atom is -0.269 e. The van der Waals surface area contributed by atoms with Crippen molar-refractivity contribution in [2.45, 2.75) is 20.4 Å². The molecule has 0 spiro atoms. The normalized spacial score (nSPS) is 14.8. The highest BCUT2D eigenvalue weighted by Crippen LogP contribution is 2.36. The van der Waals surface area contributed by atoms with Crippen LogP contribution >= 0.6 is 23.2 Å². The Kier molecular flexibility index (Phi) is 4.48. The fourth-order valence-electron chi connectivity index (χ4n) is 2.98. The first-order valence-electron chi connectivity index (χ1n) is 7.47. The Morgan fingerprint density at radius 1 is 0.917 bits per heavy atom. The average Bonchev–Trinajstić information content (AvgIpc) is 2.73. The first-order chi connectivity index (χ1) is 11.4. The van der Waals surface area contributed by atoms with Gasteiger partial charge in [-0.2, -0.15) is 0 Å². The zero-order valence-corrected chi connectivity index (χ0v) is 14.8. The van der Waals surface area contributed by atoms with Crippen LogP contribution in [0.1, 0.15) is 22.3 Å². The fraction of sp³-hybridized carbons (Fsp3) is 0.158. The summed E-state index contributed by atoms with van der Waals surface area (Å²) in [6.07, 6.45) is 0. The minimum atomic E-state index is -0.464. The van der Waals surface area contributed by atoms with E-state index in [-0.39, 0.29) is 23.1 Å². The van der Waals surface area contributed by atoms with Gasteiger partial charge >= 0.3 is 0 Å². The molecular weight excluding hydrogens is 345 g/mol. The third-order valence-electron chi connectivity index (χ3n) is 4.04. The SMILES string of the molecule is Cc1cc(Cl)cc(C)c1C1=C(Cl)C(=O)N(Cc2ccccc2)C1=O. The van der Waals surface area contributed by atoms with Gasteiger partial charge < -0.3 is 0 Å². The van der Waals surface area contributed by atoms with Crippen molar-refractivity contribution in [3.63, 3.8) is 0 Å². The minimum absolute atomic E-state index is 0.0375. The van der Waals surface area contributed by atoms with Crippen LogP contribution in [0.15, 0.2) is 47.5 Å². The second-order valence-electron chi connectivity index (χ2n) is 5.79. The predicted molar refractivity (Wildman–Crippen MR) is 95.7 cm³/mol. The van der Waals surface area contributed by atoms with Crippen molar-refractivity contribution in [3.8, 4) is 0 Å². The number of aryl methyl sites for hydroxylation is 2. The Hall–Kier alpha value is -2.10. The molecule has 3 nitrogen and oxygen atoms in total. The van der Waals surface area contributed by atoms with Gasteiger partial charge in [-0.25, -0.2) is 0 Å². The molecule has 0 aromatic heterocycles. The standard InChI is InChI=1S/C19H15Cl2NO2/c1-11-8-14(20)9-12(2)15(11)16-17(21)19(24)22(18(16)23)10-13-6-4-3-5-7-13/h3-9H,10H2,1-2H3. The van der Waals surface area contributed by atoms with Crippen molar-refractivity contribution in [1.82, 2.24) is 4.90 Å². The Labute approximate surface area is 150 Å². The Morgan fingerprint density at radius 3 is 2.08 bits per heavy atom. The molecule has 0 saturated heterocycles. The first-order valence-corrected chi connectivity index (χ1v) is 8.22. The molecule has 2 amide bonds. The highest BCUT2D eigenvalue weighted by molar-refractivity contribution is 6.55. The number of hydrogen-bond donors (Lipinski definition) is 0. The highest BCUT2D eigenvalue weighted by atomic mass is 35.5. The van der Waals surface area contributed by atoms with Gasteiger partial charge in [0.2, 0.25) is 0 Å². The third kappa shape index (κ3) is 2.85. The van der Waals surface area contributed by atoms with Gasteiger partial charge in [0.15, 0.2) is 0 Å². The van der Waals surface area contributed by atoms with Crippen molar-refractivity contribution < 1.29 is 9.59 Å². The molecule has 2 aromatic carbocycles. The van der Waals surface area contributed by atoms with Crippen LogP contribution in [0.3, 0.4) is 0 Å². The number of halogens is 2. The van der Waals surface area contributed by atoms with Crippen LogP contribution in [-0.4, -0.2) is 16.7 Å². The maximum Gasteiger partial charge on any atom is 0.273 e. The summed E-state index contributed by atoms with van der Waals surface area (Å²) < 4.78 is 0. The van der Waals surface area contributed by atoms with E-state index in [1.807, 2.05) is 44.2 Å². The summed E-state index contributed by atoms with van der Waals surface area (Å²) in [6.45, 7) is 3.90. The van der Waals surface area contributed by atoms with Crippen LogP contribution in [0, 0.1) is 13.8 Å². The summed E-state index contributed by atoms with van der Waals surface area (Å²) in [5.74, 6) is -0.836. The van der Waals surface area contributed by atoms with Crippen molar-refractivity contribution in [3.05, 3.63) is 74.8 Å². The summed E-state index contributed by atoms with van der Waals surface area (Å²) in [5.41, 5.74) is 3.43. The van der Waals surface area contributed by atoms with E-state index in [1.165, 1.54) is 4.90 Å². The molecule has 122 valence electrons. The van der Waals surface area contributed by atoms with Crippen LogP contribution in [0.2, 0.25) is 5.02 Å².